The second kappa shape index (κ2) is 3.62. The Morgan fingerprint density at radius 1 is 1.56 bits per heavy atom. The molecular formula is C7H11O2. The van der Waals surface area contributed by atoms with Gasteiger partial charge in [0.2, 0.25) is 0 Å². The first-order valence-electron chi connectivity index (χ1n) is 3.30. The van der Waals surface area contributed by atoms with Crippen LogP contribution in [-0.2, 0) is 9.53 Å². The van der Waals surface area contributed by atoms with Gasteiger partial charge in [0, 0.05) is 6.42 Å². The quantitative estimate of drug-likeness (QED) is 0.313. The number of rotatable bonds is 5. The van der Waals surface area contributed by atoms with Crippen LogP contribution in [0.3, 0.4) is 0 Å². The van der Waals surface area contributed by atoms with Gasteiger partial charge in [0.1, 0.15) is 6.29 Å². The second-order valence-electron chi connectivity index (χ2n) is 2.22. The van der Waals surface area contributed by atoms with Crippen LogP contribution >= 0.6 is 0 Å². The molecule has 0 aromatic heterocycles. The van der Waals surface area contributed by atoms with Crippen molar-refractivity contribution in [1.29, 1.82) is 0 Å². The van der Waals surface area contributed by atoms with Crippen LogP contribution in [0.5, 0.6) is 0 Å². The minimum absolute atomic E-state index is 0.483. The Kier molecular flexibility index (Phi) is 2.71. The molecule has 1 rings (SSSR count). The van der Waals surface area contributed by atoms with E-state index in [-0.39, 0.29) is 0 Å². The van der Waals surface area contributed by atoms with Gasteiger partial charge in [0.15, 0.2) is 0 Å². The average molecular weight is 127 g/mol. The highest BCUT2D eigenvalue weighted by molar-refractivity contribution is 5.49. The van der Waals surface area contributed by atoms with Crippen molar-refractivity contribution in [1.82, 2.24) is 0 Å². The highest BCUT2D eigenvalue weighted by Crippen LogP contribution is 2.15. The largest absolute Gasteiger partial charge is 0.373 e. The van der Waals surface area contributed by atoms with Crippen molar-refractivity contribution < 1.29 is 9.53 Å². The summed E-state index contributed by atoms with van der Waals surface area (Å²) in [6, 6.07) is 0. The Balaban J connectivity index is 1.75. The molecule has 0 aliphatic carbocycles. The van der Waals surface area contributed by atoms with Crippen LogP contribution in [0.15, 0.2) is 0 Å². The zero-order chi connectivity index (χ0) is 6.53. The smallest absolute Gasteiger partial charge is 0.120 e. The topological polar surface area (TPSA) is 29.6 Å². The first-order valence-corrected chi connectivity index (χ1v) is 3.30. The number of aldehydes is 1. The fourth-order valence-electron chi connectivity index (χ4n) is 0.694. The van der Waals surface area contributed by atoms with Crippen molar-refractivity contribution in [2.75, 3.05) is 6.61 Å². The fraction of sp³-hybridized carbons (Fsp3) is 0.714. The Morgan fingerprint density at radius 2 is 2.33 bits per heavy atom. The van der Waals surface area contributed by atoms with E-state index in [0.717, 1.165) is 25.7 Å². The number of epoxide rings is 1. The molecule has 0 aromatic carbocycles. The van der Waals surface area contributed by atoms with Gasteiger partial charge < -0.3 is 9.53 Å². The molecule has 1 atom stereocenters. The number of unbranched alkanes of at least 4 members (excludes halogenated alkanes) is 2. The van der Waals surface area contributed by atoms with E-state index >= 15 is 0 Å². The van der Waals surface area contributed by atoms with E-state index in [2.05, 4.69) is 6.42 Å². The molecule has 0 amide bonds. The maximum Gasteiger partial charge on any atom is 0.120 e. The zero-order valence-corrected chi connectivity index (χ0v) is 5.38. The third kappa shape index (κ3) is 3.25. The molecule has 1 saturated heterocycles. The van der Waals surface area contributed by atoms with Gasteiger partial charge in [-0.25, -0.2) is 0 Å². The summed E-state index contributed by atoms with van der Waals surface area (Å²) < 4.78 is 4.97. The van der Waals surface area contributed by atoms with Crippen molar-refractivity contribution in [3.8, 4) is 0 Å². The van der Waals surface area contributed by atoms with Crippen LogP contribution in [0.1, 0.15) is 19.3 Å². The van der Waals surface area contributed by atoms with Crippen LogP contribution < -0.4 is 0 Å². The van der Waals surface area contributed by atoms with E-state index < -0.39 is 0 Å². The summed E-state index contributed by atoms with van der Waals surface area (Å²) in [5.41, 5.74) is 0. The molecule has 1 fully saturated rings. The summed E-state index contributed by atoms with van der Waals surface area (Å²) in [7, 11) is 0. The molecule has 1 aliphatic heterocycles. The maximum atomic E-state index is 9.81. The normalized spacial score (nSPS) is 23.8. The zero-order valence-electron chi connectivity index (χ0n) is 5.38. The molecule has 9 heavy (non-hydrogen) atoms. The highest BCUT2D eigenvalue weighted by Gasteiger charge is 2.20. The minimum Gasteiger partial charge on any atom is -0.373 e. The summed E-state index contributed by atoms with van der Waals surface area (Å²) in [6.45, 7) is 0.914. The Bertz CT molecular complexity index is 86.9. The van der Waals surface area contributed by atoms with Crippen LogP contribution in [0, 0.1) is 6.42 Å². The Hall–Kier alpha value is -0.370. The number of hydrogen-bond acceptors (Lipinski definition) is 2. The van der Waals surface area contributed by atoms with Gasteiger partial charge in [-0.2, -0.15) is 0 Å². The molecule has 1 aliphatic rings. The first kappa shape index (κ1) is 6.75. The van der Waals surface area contributed by atoms with E-state index in [4.69, 9.17) is 4.74 Å². The lowest BCUT2D eigenvalue weighted by Crippen LogP contribution is -1.86. The summed E-state index contributed by atoms with van der Waals surface area (Å²) in [6.07, 6.45) is 6.14. The lowest BCUT2D eigenvalue weighted by Gasteiger charge is -1.89. The standard InChI is InChI=1S/C7H11O2/c8-5-3-1-2-4-7-6-9-7/h2,5,7H,1,3-4,6H2. The highest BCUT2D eigenvalue weighted by atomic mass is 16.6. The average Bonchev–Trinajstić information content (AvgIpc) is 2.63. The van der Waals surface area contributed by atoms with Crippen molar-refractivity contribution in [3.05, 3.63) is 6.42 Å². The van der Waals surface area contributed by atoms with Gasteiger partial charge in [-0.15, -0.1) is 0 Å². The Morgan fingerprint density at radius 3 is 2.89 bits per heavy atom. The molecule has 51 valence electrons. The van der Waals surface area contributed by atoms with Gasteiger partial charge >= 0.3 is 0 Å². The third-order valence-corrected chi connectivity index (χ3v) is 1.32. The molecule has 1 unspecified atom stereocenters. The van der Waals surface area contributed by atoms with E-state index in [0.29, 0.717) is 12.5 Å². The molecule has 2 nitrogen and oxygen atoms in total. The van der Waals surface area contributed by atoms with Crippen LogP contribution in [0.4, 0.5) is 0 Å². The Labute approximate surface area is 55.2 Å². The van der Waals surface area contributed by atoms with E-state index in [1.54, 1.807) is 0 Å². The van der Waals surface area contributed by atoms with Crippen molar-refractivity contribution >= 4 is 6.29 Å². The molecular weight excluding hydrogens is 116 g/mol. The van der Waals surface area contributed by atoms with Crippen LogP contribution in [-0.4, -0.2) is 19.0 Å². The third-order valence-electron chi connectivity index (χ3n) is 1.32. The fourth-order valence-corrected chi connectivity index (χ4v) is 0.694. The van der Waals surface area contributed by atoms with Gasteiger partial charge in [-0.3, -0.25) is 0 Å². The lowest BCUT2D eigenvalue weighted by atomic mass is 10.2. The van der Waals surface area contributed by atoms with Crippen LogP contribution in [0.25, 0.3) is 0 Å². The molecule has 0 N–H and O–H groups in total. The van der Waals surface area contributed by atoms with Gasteiger partial charge in [0.05, 0.1) is 12.7 Å². The summed E-state index contributed by atoms with van der Waals surface area (Å²) in [5.74, 6) is 0. The summed E-state index contributed by atoms with van der Waals surface area (Å²) in [5, 5.41) is 0. The number of carbonyl (C=O) groups excluding carboxylic acids is 1. The number of ether oxygens (including phenoxy) is 1. The second-order valence-corrected chi connectivity index (χ2v) is 2.22. The number of carbonyl (C=O) groups is 1. The van der Waals surface area contributed by atoms with E-state index in [9.17, 15) is 4.79 Å². The predicted octanol–water partition coefficient (Wildman–Crippen LogP) is 0.959. The van der Waals surface area contributed by atoms with Crippen molar-refractivity contribution in [3.63, 3.8) is 0 Å². The minimum atomic E-state index is 0.483. The molecule has 1 heterocycles. The number of hydrogen-bond donors (Lipinski definition) is 0. The molecule has 0 spiro atoms. The molecule has 0 saturated carbocycles. The van der Waals surface area contributed by atoms with Gasteiger partial charge in [0.25, 0.3) is 0 Å². The van der Waals surface area contributed by atoms with Crippen LogP contribution in [0.2, 0.25) is 0 Å². The van der Waals surface area contributed by atoms with Gasteiger partial charge in [-0.05, 0) is 19.3 Å². The maximum absolute atomic E-state index is 9.81. The summed E-state index contributed by atoms with van der Waals surface area (Å²) >= 11 is 0. The molecule has 1 radical (unpaired) electrons. The van der Waals surface area contributed by atoms with E-state index in [1.165, 1.54) is 0 Å². The van der Waals surface area contributed by atoms with Gasteiger partial charge in [-0.1, -0.05) is 0 Å². The first-order chi connectivity index (χ1) is 4.43. The molecule has 0 bridgehead atoms. The predicted molar refractivity (Wildman–Crippen MR) is 34.0 cm³/mol. The van der Waals surface area contributed by atoms with Crippen molar-refractivity contribution in [2.45, 2.75) is 25.4 Å². The SMILES string of the molecule is O=CCC[CH]CC1CO1. The van der Waals surface area contributed by atoms with Crippen molar-refractivity contribution in [2.24, 2.45) is 0 Å². The molecule has 0 aromatic rings. The summed E-state index contributed by atoms with van der Waals surface area (Å²) in [4.78, 5) is 9.81. The van der Waals surface area contributed by atoms with E-state index in [1.807, 2.05) is 0 Å². The monoisotopic (exact) mass is 127 g/mol. The molecule has 2 heteroatoms. The lowest BCUT2D eigenvalue weighted by molar-refractivity contribution is -0.107.